The van der Waals surface area contributed by atoms with Gasteiger partial charge in [0.25, 0.3) is 0 Å². The number of rotatable bonds is 7. The number of hydrogen-bond acceptors (Lipinski definition) is 3. The smallest absolute Gasteiger partial charge is 0.191 e. The minimum absolute atomic E-state index is 0.562. The summed E-state index contributed by atoms with van der Waals surface area (Å²) in [7, 11) is 0. The number of aromatic nitrogens is 1. The van der Waals surface area contributed by atoms with Crippen LogP contribution in [0.3, 0.4) is 0 Å². The molecule has 1 aromatic heterocycles. The third-order valence-electron chi connectivity index (χ3n) is 3.29. The van der Waals surface area contributed by atoms with E-state index in [0.717, 1.165) is 47.5 Å². The Kier molecular flexibility index (Phi) is 7.36. The number of aryl methyl sites for hydroxylation is 1. The molecule has 0 saturated heterocycles. The van der Waals surface area contributed by atoms with E-state index in [1.54, 1.807) is 11.3 Å². The number of thiazole rings is 1. The van der Waals surface area contributed by atoms with Crippen molar-refractivity contribution >= 4 is 28.9 Å². The molecule has 1 heterocycles. The van der Waals surface area contributed by atoms with Gasteiger partial charge in [-0.1, -0.05) is 36.7 Å². The van der Waals surface area contributed by atoms with Gasteiger partial charge in [-0.2, -0.15) is 0 Å². The molecule has 0 radical (unpaired) electrons. The summed E-state index contributed by atoms with van der Waals surface area (Å²) in [6, 6.07) is 7.79. The van der Waals surface area contributed by atoms with E-state index in [1.807, 2.05) is 30.5 Å². The van der Waals surface area contributed by atoms with Crippen LogP contribution in [0.1, 0.15) is 29.3 Å². The third kappa shape index (κ3) is 5.84. The van der Waals surface area contributed by atoms with E-state index in [-0.39, 0.29) is 0 Å². The first-order valence-corrected chi connectivity index (χ1v) is 9.11. The van der Waals surface area contributed by atoms with Crippen LogP contribution in [0.15, 0.2) is 35.5 Å². The van der Waals surface area contributed by atoms with Gasteiger partial charge in [0.1, 0.15) is 0 Å². The number of hydrogen-bond donors (Lipinski definition) is 2. The Morgan fingerprint density at radius 3 is 2.78 bits per heavy atom. The van der Waals surface area contributed by atoms with Crippen molar-refractivity contribution in [1.82, 2.24) is 15.6 Å². The minimum Gasteiger partial charge on any atom is -0.357 e. The predicted molar refractivity (Wildman–Crippen MR) is 99.5 cm³/mol. The van der Waals surface area contributed by atoms with Gasteiger partial charge in [-0.3, -0.25) is 0 Å². The average molecular weight is 351 g/mol. The maximum Gasteiger partial charge on any atom is 0.191 e. The summed E-state index contributed by atoms with van der Waals surface area (Å²) >= 11 is 7.95. The van der Waals surface area contributed by atoms with Crippen molar-refractivity contribution in [1.29, 1.82) is 0 Å². The van der Waals surface area contributed by atoms with Crippen LogP contribution in [0.2, 0.25) is 5.02 Å². The summed E-state index contributed by atoms with van der Waals surface area (Å²) in [5, 5.41) is 8.52. The molecule has 0 amide bonds. The lowest BCUT2D eigenvalue weighted by Gasteiger charge is -2.11. The SMILES string of the molecule is CCNC(=NCc1ccccc1Cl)NCCc1ncc(CC)s1. The first kappa shape index (κ1) is 17.8. The van der Waals surface area contributed by atoms with Crippen LogP contribution >= 0.6 is 22.9 Å². The summed E-state index contributed by atoms with van der Waals surface area (Å²) in [5.74, 6) is 0.805. The molecule has 0 saturated carbocycles. The molecular formula is C17H23ClN4S. The molecule has 1 aromatic carbocycles. The van der Waals surface area contributed by atoms with Gasteiger partial charge in [0, 0.05) is 35.6 Å². The van der Waals surface area contributed by atoms with Gasteiger partial charge in [-0.05, 0) is 25.0 Å². The second-order valence-electron chi connectivity index (χ2n) is 5.04. The van der Waals surface area contributed by atoms with E-state index < -0.39 is 0 Å². The third-order valence-corrected chi connectivity index (χ3v) is 4.86. The lowest BCUT2D eigenvalue weighted by Crippen LogP contribution is -2.38. The molecule has 0 unspecified atom stereocenters. The Morgan fingerprint density at radius 2 is 2.09 bits per heavy atom. The summed E-state index contributed by atoms with van der Waals surface area (Å²) in [5.41, 5.74) is 1.03. The largest absolute Gasteiger partial charge is 0.357 e. The molecule has 0 bridgehead atoms. The van der Waals surface area contributed by atoms with Gasteiger partial charge in [-0.15, -0.1) is 11.3 Å². The lowest BCUT2D eigenvalue weighted by molar-refractivity contribution is 0.796. The first-order valence-electron chi connectivity index (χ1n) is 7.92. The van der Waals surface area contributed by atoms with Crippen LogP contribution in [0, 0.1) is 0 Å². The number of nitrogens with one attached hydrogen (secondary N) is 2. The van der Waals surface area contributed by atoms with Crippen molar-refractivity contribution in [2.45, 2.75) is 33.2 Å². The van der Waals surface area contributed by atoms with Crippen molar-refractivity contribution < 1.29 is 0 Å². The zero-order valence-electron chi connectivity index (χ0n) is 13.6. The highest BCUT2D eigenvalue weighted by atomic mass is 35.5. The summed E-state index contributed by atoms with van der Waals surface area (Å²) in [4.78, 5) is 10.4. The fourth-order valence-electron chi connectivity index (χ4n) is 2.05. The number of nitrogens with zero attached hydrogens (tertiary/aromatic N) is 2. The van der Waals surface area contributed by atoms with E-state index in [1.165, 1.54) is 4.88 Å². The molecule has 0 aliphatic heterocycles. The molecule has 2 rings (SSSR count). The molecule has 0 atom stereocenters. The maximum atomic E-state index is 6.17. The standard InChI is InChI=1S/C17H23ClN4S/c1-3-14-12-21-16(23-14)9-10-20-17(19-4-2)22-11-13-7-5-6-8-15(13)18/h5-8,12H,3-4,9-11H2,1-2H3,(H2,19,20,22). The maximum absolute atomic E-state index is 6.17. The van der Waals surface area contributed by atoms with E-state index in [9.17, 15) is 0 Å². The topological polar surface area (TPSA) is 49.3 Å². The number of guanidine groups is 1. The Morgan fingerprint density at radius 1 is 1.26 bits per heavy atom. The average Bonchev–Trinajstić information content (AvgIpc) is 3.02. The van der Waals surface area contributed by atoms with E-state index >= 15 is 0 Å². The Hall–Kier alpha value is -1.59. The highest BCUT2D eigenvalue weighted by Crippen LogP contribution is 2.15. The number of benzene rings is 1. The van der Waals surface area contributed by atoms with Crippen LogP contribution in [0.4, 0.5) is 0 Å². The zero-order valence-corrected chi connectivity index (χ0v) is 15.2. The van der Waals surface area contributed by atoms with Gasteiger partial charge >= 0.3 is 0 Å². The quantitative estimate of drug-likeness (QED) is 0.592. The second kappa shape index (κ2) is 9.53. The highest BCUT2D eigenvalue weighted by Gasteiger charge is 2.03. The summed E-state index contributed by atoms with van der Waals surface area (Å²) in [6.45, 7) is 6.41. The van der Waals surface area contributed by atoms with Crippen LogP contribution in [0.5, 0.6) is 0 Å². The molecule has 4 nitrogen and oxygen atoms in total. The number of aliphatic imine (C=N–C) groups is 1. The van der Waals surface area contributed by atoms with Crippen LogP contribution in [0.25, 0.3) is 0 Å². The van der Waals surface area contributed by atoms with E-state index in [0.29, 0.717) is 6.54 Å². The first-order chi connectivity index (χ1) is 11.2. The normalized spacial score (nSPS) is 11.5. The van der Waals surface area contributed by atoms with E-state index in [4.69, 9.17) is 11.6 Å². The minimum atomic E-state index is 0.562. The Bertz CT molecular complexity index is 639. The van der Waals surface area contributed by atoms with Crippen molar-refractivity contribution in [2.24, 2.45) is 4.99 Å². The van der Waals surface area contributed by atoms with Crippen molar-refractivity contribution in [3.8, 4) is 0 Å². The molecule has 0 fully saturated rings. The van der Waals surface area contributed by atoms with Crippen LogP contribution < -0.4 is 10.6 Å². The summed E-state index contributed by atoms with van der Waals surface area (Å²) < 4.78 is 0. The van der Waals surface area contributed by atoms with Crippen molar-refractivity contribution in [3.63, 3.8) is 0 Å². The molecule has 2 aromatic rings. The molecule has 0 aliphatic rings. The molecule has 23 heavy (non-hydrogen) atoms. The molecule has 0 aliphatic carbocycles. The molecule has 2 N–H and O–H groups in total. The number of halogens is 1. The van der Waals surface area contributed by atoms with Crippen molar-refractivity contribution in [2.75, 3.05) is 13.1 Å². The molecule has 0 spiro atoms. The summed E-state index contributed by atoms with van der Waals surface area (Å²) in [6.07, 6.45) is 3.92. The van der Waals surface area contributed by atoms with Gasteiger partial charge in [0.05, 0.1) is 11.6 Å². The van der Waals surface area contributed by atoms with Crippen LogP contribution in [-0.4, -0.2) is 24.0 Å². The fourth-order valence-corrected chi connectivity index (χ4v) is 3.10. The van der Waals surface area contributed by atoms with Gasteiger partial charge in [0.2, 0.25) is 0 Å². The lowest BCUT2D eigenvalue weighted by atomic mass is 10.2. The van der Waals surface area contributed by atoms with Gasteiger partial charge in [-0.25, -0.2) is 9.98 Å². The highest BCUT2D eigenvalue weighted by molar-refractivity contribution is 7.11. The van der Waals surface area contributed by atoms with Crippen molar-refractivity contribution in [3.05, 3.63) is 50.9 Å². The second-order valence-corrected chi connectivity index (χ2v) is 6.64. The fraction of sp³-hybridized carbons (Fsp3) is 0.412. The molecule has 6 heteroatoms. The van der Waals surface area contributed by atoms with E-state index in [2.05, 4.69) is 34.5 Å². The Balaban J connectivity index is 1.87. The molecule has 124 valence electrons. The van der Waals surface area contributed by atoms with Gasteiger partial charge in [0.15, 0.2) is 5.96 Å². The monoisotopic (exact) mass is 350 g/mol. The zero-order chi connectivity index (χ0) is 16.5. The Labute approximate surface area is 147 Å². The predicted octanol–water partition coefficient (Wildman–Crippen LogP) is 3.66. The van der Waals surface area contributed by atoms with Crippen LogP contribution in [-0.2, 0) is 19.4 Å². The molecular weight excluding hydrogens is 328 g/mol. The van der Waals surface area contributed by atoms with Gasteiger partial charge < -0.3 is 10.6 Å².